The van der Waals surface area contributed by atoms with E-state index < -0.39 is 35.0 Å². The minimum absolute atomic E-state index is 0.0238. The van der Waals surface area contributed by atoms with Crippen molar-refractivity contribution >= 4 is 34.5 Å². The van der Waals surface area contributed by atoms with E-state index in [9.17, 15) is 31.1 Å². The molecule has 0 saturated carbocycles. The normalized spacial score (nSPS) is 12.5. The van der Waals surface area contributed by atoms with Crippen LogP contribution in [-0.4, -0.2) is 44.0 Å². The van der Waals surface area contributed by atoms with Gasteiger partial charge in [-0.3, -0.25) is 4.79 Å². The van der Waals surface area contributed by atoms with Gasteiger partial charge in [-0.2, -0.15) is 31.4 Å². The number of amides is 1. The molecular formula is C23H26F6N6OS. The SMILES string of the molecule is CC(C)CNc1nc(SC(C)C)nc2c1cnn2CCNC(=O)c1cc(C(F)(F)F)cc(C(F)(F)F)c1. The van der Waals surface area contributed by atoms with Crippen molar-refractivity contribution in [2.24, 2.45) is 5.92 Å². The van der Waals surface area contributed by atoms with Crippen molar-refractivity contribution in [2.45, 2.75) is 57.0 Å². The van der Waals surface area contributed by atoms with Crippen molar-refractivity contribution in [3.8, 4) is 0 Å². The Morgan fingerprint density at radius 2 is 1.62 bits per heavy atom. The highest BCUT2D eigenvalue weighted by Gasteiger charge is 2.37. The van der Waals surface area contributed by atoms with Crippen LogP contribution in [0, 0.1) is 5.92 Å². The third-order valence-corrected chi connectivity index (χ3v) is 5.82. The largest absolute Gasteiger partial charge is 0.416 e. The molecule has 0 atom stereocenters. The van der Waals surface area contributed by atoms with Gasteiger partial charge in [-0.05, 0) is 24.1 Å². The molecule has 0 unspecified atom stereocenters. The van der Waals surface area contributed by atoms with Crippen molar-refractivity contribution in [2.75, 3.05) is 18.4 Å². The van der Waals surface area contributed by atoms with Gasteiger partial charge in [-0.25, -0.2) is 14.6 Å². The zero-order valence-electron chi connectivity index (χ0n) is 20.5. The Hall–Kier alpha value is -3.03. The summed E-state index contributed by atoms with van der Waals surface area (Å²) < 4.78 is 80.1. The lowest BCUT2D eigenvalue weighted by Gasteiger charge is -2.14. The van der Waals surface area contributed by atoms with Gasteiger partial charge in [-0.15, -0.1) is 0 Å². The van der Waals surface area contributed by atoms with E-state index in [0.717, 1.165) is 0 Å². The van der Waals surface area contributed by atoms with Crippen molar-refractivity contribution in [3.63, 3.8) is 0 Å². The Balaban J connectivity index is 1.81. The number of aromatic nitrogens is 4. The van der Waals surface area contributed by atoms with E-state index in [1.165, 1.54) is 16.4 Å². The Bertz CT molecular complexity index is 1220. The molecule has 0 saturated heterocycles. The third kappa shape index (κ3) is 7.49. The number of alkyl halides is 6. The van der Waals surface area contributed by atoms with E-state index >= 15 is 0 Å². The molecule has 0 aliphatic rings. The van der Waals surface area contributed by atoms with Gasteiger partial charge in [0, 0.05) is 23.9 Å². The lowest BCUT2D eigenvalue weighted by Crippen LogP contribution is -2.28. The summed E-state index contributed by atoms with van der Waals surface area (Å²) in [5.41, 5.74) is -3.37. The van der Waals surface area contributed by atoms with Crippen LogP contribution in [0.2, 0.25) is 0 Å². The second kappa shape index (κ2) is 11.2. The molecule has 0 bridgehead atoms. The molecule has 0 aliphatic carbocycles. The summed E-state index contributed by atoms with van der Waals surface area (Å²) in [4.78, 5) is 21.6. The van der Waals surface area contributed by atoms with Crippen LogP contribution in [0.15, 0.2) is 29.6 Å². The van der Waals surface area contributed by atoms with Crippen molar-refractivity contribution in [1.29, 1.82) is 0 Å². The fourth-order valence-corrected chi connectivity index (χ4v) is 3.97. The maximum Gasteiger partial charge on any atom is 0.416 e. The van der Waals surface area contributed by atoms with Gasteiger partial charge < -0.3 is 10.6 Å². The lowest BCUT2D eigenvalue weighted by atomic mass is 10.0. The number of nitrogens with zero attached hydrogens (tertiary/aromatic N) is 4. The fraction of sp³-hybridized carbons (Fsp3) is 0.478. The molecule has 1 amide bonds. The fourth-order valence-electron chi connectivity index (χ4n) is 3.26. The maximum atomic E-state index is 13.1. The molecule has 202 valence electrons. The van der Waals surface area contributed by atoms with Crippen LogP contribution in [0.3, 0.4) is 0 Å². The van der Waals surface area contributed by atoms with E-state index in [2.05, 4.69) is 25.7 Å². The van der Waals surface area contributed by atoms with Crippen molar-refractivity contribution in [3.05, 3.63) is 41.1 Å². The maximum absolute atomic E-state index is 13.1. The molecule has 0 fully saturated rings. The molecule has 37 heavy (non-hydrogen) atoms. The number of benzene rings is 1. The summed E-state index contributed by atoms with van der Waals surface area (Å²) in [5, 5.41) is 11.3. The van der Waals surface area contributed by atoms with Gasteiger partial charge >= 0.3 is 12.4 Å². The van der Waals surface area contributed by atoms with E-state index in [1.54, 1.807) is 6.20 Å². The molecular weight excluding hydrogens is 522 g/mol. The number of carbonyl (C=O) groups is 1. The first-order chi connectivity index (χ1) is 17.1. The molecule has 0 radical (unpaired) electrons. The van der Waals surface area contributed by atoms with Crippen LogP contribution in [0.4, 0.5) is 32.2 Å². The second-order valence-corrected chi connectivity index (χ2v) is 10.5. The summed E-state index contributed by atoms with van der Waals surface area (Å²) in [7, 11) is 0. The summed E-state index contributed by atoms with van der Waals surface area (Å²) in [6.45, 7) is 8.70. The Kier molecular flexibility index (Phi) is 8.60. The Labute approximate surface area is 213 Å². The first-order valence-corrected chi connectivity index (χ1v) is 12.2. The van der Waals surface area contributed by atoms with Crippen molar-refractivity contribution in [1.82, 2.24) is 25.1 Å². The minimum Gasteiger partial charge on any atom is -0.369 e. The number of nitrogens with one attached hydrogen (secondary N) is 2. The predicted octanol–water partition coefficient (Wildman–Crippen LogP) is 5.86. The highest BCUT2D eigenvalue weighted by atomic mass is 32.2. The number of fused-ring (bicyclic) bond motifs is 1. The van der Waals surface area contributed by atoms with Gasteiger partial charge in [0.2, 0.25) is 0 Å². The van der Waals surface area contributed by atoms with Crippen LogP contribution < -0.4 is 10.6 Å². The number of carbonyl (C=O) groups excluding carboxylic acids is 1. The number of hydrogen-bond acceptors (Lipinski definition) is 6. The zero-order valence-corrected chi connectivity index (χ0v) is 21.3. The summed E-state index contributed by atoms with van der Waals surface area (Å²) in [5.74, 6) is -0.121. The molecule has 2 N–H and O–H groups in total. The summed E-state index contributed by atoms with van der Waals surface area (Å²) in [6.07, 6.45) is -8.53. The highest BCUT2D eigenvalue weighted by Crippen LogP contribution is 2.36. The number of thioether (sulfide) groups is 1. The van der Waals surface area contributed by atoms with Gasteiger partial charge in [-0.1, -0.05) is 39.5 Å². The third-order valence-electron chi connectivity index (χ3n) is 4.95. The molecule has 0 aliphatic heterocycles. The predicted molar refractivity (Wildman–Crippen MR) is 128 cm³/mol. The van der Waals surface area contributed by atoms with E-state index in [1.807, 2.05) is 27.7 Å². The number of hydrogen-bond donors (Lipinski definition) is 2. The lowest BCUT2D eigenvalue weighted by molar-refractivity contribution is -0.143. The number of halogens is 6. The molecule has 2 aromatic heterocycles. The van der Waals surface area contributed by atoms with Crippen LogP contribution in [0.1, 0.15) is 49.2 Å². The number of rotatable bonds is 9. The molecule has 7 nitrogen and oxygen atoms in total. The Morgan fingerprint density at radius 3 is 2.16 bits per heavy atom. The van der Waals surface area contributed by atoms with Crippen molar-refractivity contribution < 1.29 is 31.1 Å². The van der Waals surface area contributed by atoms with E-state index in [-0.39, 0.29) is 24.4 Å². The molecule has 2 heterocycles. The van der Waals surface area contributed by atoms with Gasteiger partial charge in [0.15, 0.2) is 10.8 Å². The van der Waals surface area contributed by atoms with Gasteiger partial charge in [0.1, 0.15) is 5.82 Å². The smallest absolute Gasteiger partial charge is 0.369 e. The van der Waals surface area contributed by atoms with E-state index in [4.69, 9.17) is 0 Å². The van der Waals surface area contributed by atoms with E-state index in [0.29, 0.717) is 46.6 Å². The first kappa shape index (κ1) is 28.5. The standard InChI is InChI=1S/C23H26F6N6OS/c1-12(2)10-31-18-17-11-32-35(19(17)34-21(33-18)37-13(3)4)6-5-30-20(36)14-7-15(22(24,25)26)9-16(8-14)23(27,28)29/h7-9,11-13H,5-6,10H2,1-4H3,(H,30,36)(H,31,33,34). The monoisotopic (exact) mass is 548 g/mol. The average Bonchev–Trinajstić information content (AvgIpc) is 3.18. The quantitative estimate of drug-likeness (QED) is 0.198. The topological polar surface area (TPSA) is 84.7 Å². The first-order valence-electron chi connectivity index (χ1n) is 11.4. The van der Waals surface area contributed by atoms with Crippen LogP contribution >= 0.6 is 11.8 Å². The summed E-state index contributed by atoms with van der Waals surface area (Å²) in [6, 6.07) is 0.760. The molecule has 14 heteroatoms. The van der Waals surface area contributed by atoms with Crippen LogP contribution in [-0.2, 0) is 18.9 Å². The van der Waals surface area contributed by atoms with Gasteiger partial charge in [0.05, 0.1) is 29.3 Å². The van der Waals surface area contributed by atoms with Crippen LogP contribution in [0.25, 0.3) is 11.0 Å². The minimum atomic E-state index is -5.04. The average molecular weight is 549 g/mol. The second-order valence-electron chi connectivity index (χ2n) is 8.95. The Morgan fingerprint density at radius 1 is 1.00 bits per heavy atom. The highest BCUT2D eigenvalue weighted by molar-refractivity contribution is 7.99. The molecule has 3 aromatic rings. The zero-order chi connectivity index (χ0) is 27.5. The van der Waals surface area contributed by atoms with Gasteiger partial charge in [0.25, 0.3) is 5.91 Å². The number of anilines is 1. The summed E-state index contributed by atoms with van der Waals surface area (Å²) >= 11 is 1.45. The molecule has 0 spiro atoms. The van der Waals surface area contributed by atoms with Crippen LogP contribution in [0.5, 0.6) is 0 Å². The molecule has 1 aromatic carbocycles. The molecule has 3 rings (SSSR count).